The van der Waals surface area contributed by atoms with Crippen LogP contribution >= 0.6 is 0 Å². The Morgan fingerprint density at radius 3 is 2.44 bits per heavy atom. The van der Waals surface area contributed by atoms with Gasteiger partial charge in [-0.25, -0.2) is 0 Å². The molecule has 0 heterocycles. The van der Waals surface area contributed by atoms with Crippen LogP contribution in [0.1, 0.15) is 43.9 Å². The van der Waals surface area contributed by atoms with Crippen LogP contribution in [-0.2, 0) is 19.4 Å². The molecule has 0 saturated heterocycles. The van der Waals surface area contributed by atoms with Crippen LogP contribution in [0, 0.1) is 0 Å². The van der Waals surface area contributed by atoms with Gasteiger partial charge >= 0.3 is 0 Å². The van der Waals surface area contributed by atoms with Crippen molar-refractivity contribution >= 4 is 0 Å². The standard InChI is InChI=1S/C14H23NO/c1-4-11-7-8-13(12(5-2)9-11)10-15-14(16)6-3/h7-9,14-16H,4-6,10H2,1-3H3. The molecule has 0 fully saturated rings. The fraction of sp³-hybridized carbons (Fsp3) is 0.571. The monoisotopic (exact) mass is 221 g/mol. The number of aliphatic hydroxyl groups excluding tert-OH is 1. The summed E-state index contributed by atoms with van der Waals surface area (Å²) < 4.78 is 0. The lowest BCUT2D eigenvalue weighted by atomic mass is 10.0. The minimum atomic E-state index is -0.393. The Labute approximate surface area is 98.7 Å². The van der Waals surface area contributed by atoms with Crippen molar-refractivity contribution in [3.63, 3.8) is 0 Å². The highest BCUT2D eigenvalue weighted by Crippen LogP contribution is 2.13. The summed E-state index contributed by atoms with van der Waals surface area (Å²) in [5, 5.41) is 12.6. The van der Waals surface area contributed by atoms with Crippen molar-refractivity contribution in [3.8, 4) is 0 Å². The van der Waals surface area contributed by atoms with Crippen molar-refractivity contribution < 1.29 is 5.11 Å². The molecule has 1 aromatic rings. The average molecular weight is 221 g/mol. The maximum Gasteiger partial charge on any atom is 0.104 e. The predicted octanol–water partition coefficient (Wildman–Crippen LogP) is 2.63. The summed E-state index contributed by atoms with van der Waals surface area (Å²) in [7, 11) is 0. The highest BCUT2D eigenvalue weighted by molar-refractivity contribution is 5.32. The number of hydrogen-bond donors (Lipinski definition) is 2. The Kier molecular flexibility index (Phi) is 5.50. The highest BCUT2D eigenvalue weighted by Gasteiger charge is 2.04. The number of rotatable bonds is 6. The predicted molar refractivity (Wildman–Crippen MR) is 68.3 cm³/mol. The molecule has 0 aliphatic heterocycles. The Hall–Kier alpha value is -0.860. The largest absolute Gasteiger partial charge is 0.379 e. The van der Waals surface area contributed by atoms with Crippen LogP contribution in [0.3, 0.4) is 0 Å². The van der Waals surface area contributed by atoms with Crippen molar-refractivity contribution in [1.29, 1.82) is 0 Å². The fourth-order valence-corrected chi connectivity index (χ4v) is 1.77. The van der Waals surface area contributed by atoms with Crippen LogP contribution in [0.25, 0.3) is 0 Å². The van der Waals surface area contributed by atoms with Gasteiger partial charge in [0.2, 0.25) is 0 Å². The fourth-order valence-electron chi connectivity index (χ4n) is 1.77. The Balaban J connectivity index is 2.71. The molecule has 0 bridgehead atoms. The van der Waals surface area contributed by atoms with Crippen molar-refractivity contribution in [3.05, 3.63) is 34.9 Å². The normalized spacial score (nSPS) is 12.8. The Morgan fingerprint density at radius 2 is 1.88 bits per heavy atom. The molecule has 0 aromatic heterocycles. The van der Waals surface area contributed by atoms with E-state index in [9.17, 15) is 5.11 Å². The molecular formula is C14H23NO. The van der Waals surface area contributed by atoms with Crippen molar-refractivity contribution in [2.24, 2.45) is 0 Å². The Bertz CT molecular complexity index is 323. The second-order valence-corrected chi connectivity index (χ2v) is 4.12. The van der Waals surface area contributed by atoms with Gasteiger partial charge in [0, 0.05) is 6.54 Å². The maximum atomic E-state index is 9.47. The molecule has 1 atom stereocenters. The molecule has 16 heavy (non-hydrogen) atoms. The van der Waals surface area contributed by atoms with E-state index in [1.165, 1.54) is 16.7 Å². The summed E-state index contributed by atoms with van der Waals surface area (Å²) in [6, 6.07) is 6.62. The number of aryl methyl sites for hydroxylation is 2. The zero-order valence-corrected chi connectivity index (χ0v) is 10.6. The van der Waals surface area contributed by atoms with Crippen LogP contribution in [0.5, 0.6) is 0 Å². The zero-order chi connectivity index (χ0) is 12.0. The molecule has 1 aromatic carbocycles. The van der Waals surface area contributed by atoms with Gasteiger partial charge < -0.3 is 5.11 Å². The third kappa shape index (κ3) is 3.62. The number of nitrogens with one attached hydrogen (secondary N) is 1. The van der Waals surface area contributed by atoms with Gasteiger partial charge in [-0.05, 0) is 36.0 Å². The maximum absolute atomic E-state index is 9.47. The molecular weight excluding hydrogens is 198 g/mol. The van der Waals surface area contributed by atoms with E-state index in [1.54, 1.807) is 0 Å². The van der Waals surface area contributed by atoms with Crippen molar-refractivity contribution in [2.75, 3.05) is 0 Å². The smallest absolute Gasteiger partial charge is 0.104 e. The molecule has 2 N–H and O–H groups in total. The number of benzene rings is 1. The summed E-state index contributed by atoms with van der Waals surface area (Å²) in [6.45, 7) is 7.07. The molecule has 2 nitrogen and oxygen atoms in total. The molecule has 0 aliphatic rings. The second-order valence-electron chi connectivity index (χ2n) is 4.12. The van der Waals surface area contributed by atoms with E-state index in [-0.39, 0.29) is 0 Å². The van der Waals surface area contributed by atoms with E-state index in [0.717, 1.165) is 25.8 Å². The lowest BCUT2D eigenvalue weighted by Gasteiger charge is -2.14. The lowest BCUT2D eigenvalue weighted by molar-refractivity contribution is 0.131. The lowest BCUT2D eigenvalue weighted by Crippen LogP contribution is -2.27. The first-order valence-electron chi connectivity index (χ1n) is 6.23. The van der Waals surface area contributed by atoms with E-state index in [1.807, 2.05) is 6.92 Å². The summed E-state index contributed by atoms with van der Waals surface area (Å²) in [5.41, 5.74) is 4.07. The first kappa shape index (κ1) is 13.2. The minimum absolute atomic E-state index is 0.393. The van der Waals surface area contributed by atoms with Gasteiger partial charge in [-0.1, -0.05) is 39.0 Å². The van der Waals surface area contributed by atoms with Crippen LogP contribution in [-0.4, -0.2) is 11.3 Å². The molecule has 0 aliphatic carbocycles. The van der Waals surface area contributed by atoms with Crippen LogP contribution < -0.4 is 5.32 Å². The van der Waals surface area contributed by atoms with Gasteiger partial charge in [-0.2, -0.15) is 0 Å². The van der Waals surface area contributed by atoms with Gasteiger partial charge in [0.25, 0.3) is 0 Å². The SMILES string of the molecule is CCc1ccc(CNC(O)CC)c(CC)c1. The van der Waals surface area contributed by atoms with E-state index in [2.05, 4.69) is 37.4 Å². The van der Waals surface area contributed by atoms with E-state index >= 15 is 0 Å². The summed E-state index contributed by atoms with van der Waals surface area (Å²) in [5.74, 6) is 0. The molecule has 0 spiro atoms. The van der Waals surface area contributed by atoms with E-state index in [0.29, 0.717) is 0 Å². The second kappa shape index (κ2) is 6.66. The van der Waals surface area contributed by atoms with Gasteiger partial charge in [0.05, 0.1) is 0 Å². The van der Waals surface area contributed by atoms with Crippen LogP contribution in [0.15, 0.2) is 18.2 Å². The zero-order valence-electron chi connectivity index (χ0n) is 10.6. The topological polar surface area (TPSA) is 32.3 Å². The van der Waals surface area contributed by atoms with E-state index in [4.69, 9.17) is 0 Å². The van der Waals surface area contributed by atoms with Crippen molar-refractivity contribution in [2.45, 2.75) is 52.8 Å². The van der Waals surface area contributed by atoms with Gasteiger partial charge in [0.1, 0.15) is 6.23 Å². The summed E-state index contributed by atoms with van der Waals surface area (Å²) in [6.07, 6.45) is 2.48. The molecule has 1 rings (SSSR count). The van der Waals surface area contributed by atoms with Crippen LogP contribution in [0.2, 0.25) is 0 Å². The molecule has 0 amide bonds. The van der Waals surface area contributed by atoms with Gasteiger partial charge in [-0.15, -0.1) is 0 Å². The van der Waals surface area contributed by atoms with Crippen LogP contribution in [0.4, 0.5) is 0 Å². The molecule has 90 valence electrons. The Morgan fingerprint density at radius 1 is 1.12 bits per heavy atom. The number of aliphatic hydroxyl groups is 1. The third-order valence-corrected chi connectivity index (χ3v) is 2.97. The summed E-state index contributed by atoms with van der Waals surface area (Å²) >= 11 is 0. The first-order chi connectivity index (χ1) is 7.71. The third-order valence-electron chi connectivity index (χ3n) is 2.97. The first-order valence-corrected chi connectivity index (χ1v) is 6.23. The van der Waals surface area contributed by atoms with E-state index < -0.39 is 6.23 Å². The highest BCUT2D eigenvalue weighted by atomic mass is 16.3. The van der Waals surface area contributed by atoms with Crippen molar-refractivity contribution in [1.82, 2.24) is 5.32 Å². The quantitative estimate of drug-likeness (QED) is 0.724. The minimum Gasteiger partial charge on any atom is -0.379 e. The van der Waals surface area contributed by atoms with Gasteiger partial charge in [-0.3, -0.25) is 5.32 Å². The number of hydrogen-bond acceptors (Lipinski definition) is 2. The summed E-state index contributed by atoms with van der Waals surface area (Å²) in [4.78, 5) is 0. The average Bonchev–Trinajstić information content (AvgIpc) is 2.35. The van der Waals surface area contributed by atoms with Gasteiger partial charge in [0.15, 0.2) is 0 Å². The molecule has 2 heteroatoms. The molecule has 0 saturated carbocycles. The molecule has 1 unspecified atom stereocenters. The molecule has 0 radical (unpaired) electrons.